The van der Waals surface area contributed by atoms with E-state index in [1.54, 1.807) is 12.1 Å². The largest absolute Gasteiger partial charge is 0.508 e. The minimum absolute atomic E-state index is 0.0843. The summed E-state index contributed by atoms with van der Waals surface area (Å²) in [5, 5.41) is 11.6. The van der Waals surface area contributed by atoms with Gasteiger partial charge in [-0.15, -0.1) is 0 Å². The Hall–Kier alpha value is -1.22. The van der Waals surface area contributed by atoms with E-state index in [0.717, 1.165) is 22.7 Å². The van der Waals surface area contributed by atoms with E-state index in [1.807, 2.05) is 38.4 Å². The molecule has 0 aliphatic carbocycles. The maximum Gasteiger partial charge on any atom is 0.119 e. The Morgan fingerprint density at radius 2 is 1.73 bits per heavy atom. The Labute approximate surface area is 142 Å². The van der Waals surface area contributed by atoms with Crippen LogP contribution in [0.15, 0.2) is 42.5 Å². The van der Waals surface area contributed by atoms with Crippen molar-refractivity contribution >= 4 is 23.2 Å². The molecule has 2 atom stereocenters. The fourth-order valence-corrected chi connectivity index (χ4v) is 3.26. The molecule has 2 aromatic rings. The molecule has 0 radical (unpaired) electrons. The fourth-order valence-electron chi connectivity index (χ4n) is 2.80. The average molecular weight is 338 g/mol. The maximum atomic E-state index is 10.2. The molecule has 2 rings (SSSR count). The molecule has 0 bridgehead atoms. The molecule has 2 nitrogen and oxygen atoms in total. The van der Waals surface area contributed by atoms with Crippen LogP contribution in [0.3, 0.4) is 0 Å². The summed E-state index contributed by atoms with van der Waals surface area (Å²) in [7, 11) is 4.07. The van der Waals surface area contributed by atoms with Crippen molar-refractivity contribution in [1.82, 2.24) is 4.90 Å². The number of benzene rings is 2. The molecule has 0 aliphatic rings. The molecule has 0 amide bonds. The number of rotatable bonds is 5. The molecule has 22 heavy (non-hydrogen) atoms. The summed E-state index contributed by atoms with van der Waals surface area (Å²) in [4.78, 5) is 2.13. The highest BCUT2D eigenvalue weighted by molar-refractivity contribution is 6.31. The number of aromatic hydroxyl groups is 1. The van der Waals surface area contributed by atoms with E-state index in [4.69, 9.17) is 23.2 Å². The van der Waals surface area contributed by atoms with E-state index in [1.165, 1.54) is 0 Å². The zero-order valence-corrected chi connectivity index (χ0v) is 14.6. The lowest BCUT2D eigenvalue weighted by atomic mass is 9.82. The number of phenolic OH excluding ortho intramolecular Hbond substituents is 1. The second-order valence-electron chi connectivity index (χ2n) is 5.88. The lowest BCUT2D eigenvalue weighted by Crippen LogP contribution is -2.24. The molecule has 2 aromatic carbocycles. The molecule has 2 unspecified atom stereocenters. The number of phenols is 1. The molecule has 0 heterocycles. The van der Waals surface area contributed by atoms with Gasteiger partial charge >= 0.3 is 0 Å². The van der Waals surface area contributed by atoms with Crippen molar-refractivity contribution in [2.75, 3.05) is 20.6 Å². The van der Waals surface area contributed by atoms with Gasteiger partial charge in [-0.25, -0.2) is 0 Å². The average Bonchev–Trinajstić information content (AvgIpc) is 2.47. The van der Waals surface area contributed by atoms with Crippen LogP contribution in [-0.2, 0) is 0 Å². The van der Waals surface area contributed by atoms with Gasteiger partial charge < -0.3 is 10.0 Å². The molecule has 0 aromatic heterocycles. The van der Waals surface area contributed by atoms with Gasteiger partial charge in [0.05, 0.1) is 0 Å². The first-order valence-electron chi connectivity index (χ1n) is 7.27. The van der Waals surface area contributed by atoms with Gasteiger partial charge in [-0.3, -0.25) is 0 Å². The van der Waals surface area contributed by atoms with Crippen molar-refractivity contribution in [3.63, 3.8) is 0 Å². The predicted octanol–water partition coefficient (Wildman–Crippen LogP) is 5.15. The molecule has 0 saturated carbocycles. The van der Waals surface area contributed by atoms with Crippen LogP contribution >= 0.6 is 23.2 Å². The number of likely N-dealkylation sites (N-methyl/N-ethyl adjacent to an activating group) is 1. The number of nitrogens with zero attached hydrogens (tertiary/aromatic N) is 1. The molecule has 0 fully saturated rings. The zero-order chi connectivity index (χ0) is 16.3. The van der Waals surface area contributed by atoms with Crippen molar-refractivity contribution in [2.24, 2.45) is 0 Å². The highest BCUT2D eigenvalue weighted by atomic mass is 35.5. The van der Waals surface area contributed by atoms with Crippen LogP contribution in [0, 0.1) is 0 Å². The Kier molecular flexibility index (Phi) is 5.74. The van der Waals surface area contributed by atoms with Crippen molar-refractivity contribution in [1.29, 1.82) is 0 Å². The quantitative estimate of drug-likeness (QED) is 0.815. The SMILES string of the molecule is CC(c1cc(Cl)ccc1O)C(CN(C)C)c1ccccc1Cl. The van der Waals surface area contributed by atoms with Crippen LogP contribution in [0.2, 0.25) is 10.0 Å². The molecule has 0 aliphatic heterocycles. The van der Waals surface area contributed by atoms with Crippen molar-refractivity contribution in [3.8, 4) is 5.75 Å². The van der Waals surface area contributed by atoms with Crippen LogP contribution in [-0.4, -0.2) is 30.6 Å². The summed E-state index contributed by atoms with van der Waals surface area (Å²) >= 11 is 12.5. The molecular weight excluding hydrogens is 317 g/mol. The van der Waals surface area contributed by atoms with Gasteiger partial charge in [-0.05, 0) is 55.4 Å². The first-order valence-corrected chi connectivity index (χ1v) is 8.03. The zero-order valence-electron chi connectivity index (χ0n) is 13.1. The molecule has 0 saturated heterocycles. The summed E-state index contributed by atoms with van der Waals surface area (Å²) in [6.45, 7) is 2.93. The Balaban J connectivity index is 2.45. The van der Waals surface area contributed by atoms with Gasteiger partial charge in [0.25, 0.3) is 0 Å². The highest BCUT2D eigenvalue weighted by Gasteiger charge is 2.25. The number of hydrogen-bond donors (Lipinski definition) is 1. The van der Waals surface area contributed by atoms with Gasteiger partial charge in [-0.1, -0.05) is 48.3 Å². The van der Waals surface area contributed by atoms with Crippen molar-refractivity contribution in [2.45, 2.75) is 18.8 Å². The third kappa shape index (κ3) is 3.95. The van der Waals surface area contributed by atoms with Gasteiger partial charge in [0.1, 0.15) is 5.75 Å². The number of hydrogen-bond acceptors (Lipinski definition) is 2. The van der Waals surface area contributed by atoms with E-state index >= 15 is 0 Å². The van der Waals surface area contributed by atoms with Crippen molar-refractivity contribution in [3.05, 3.63) is 63.6 Å². The lowest BCUT2D eigenvalue weighted by Gasteiger charge is -2.29. The third-order valence-electron chi connectivity index (χ3n) is 3.95. The van der Waals surface area contributed by atoms with E-state index in [9.17, 15) is 5.11 Å². The maximum absolute atomic E-state index is 10.2. The van der Waals surface area contributed by atoms with Crippen LogP contribution in [0.5, 0.6) is 5.75 Å². The van der Waals surface area contributed by atoms with Gasteiger partial charge in [0, 0.05) is 22.5 Å². The monoisotopic (exact) mass is 337 g/mol. The van der Waals surface area contributed by atoms with Gasteiger partial charge in [0.2, 0.25) is 0 Å². The standard InChI is InChI=1S/C18H21Cl2NO/c1-12(15-10-13(19)8-9-18(15)22)16(11-21(2)3)14-6-4-5-7-17(14)20/h4-10,12,16,22H,11H2,1-3H3. The third-order valence-corrected chi connectivity index (χ3v) is 4.53. The molecule has 4 heteroatoms. The topological polar surface area (TPSA) is 23.5 Å². The molecule has 0 spiro atoms. The predicted molar refractivity (Wildman–Crippen MR) is 94.3 cm³/mol. The van der Waals surface area contributed by atoms with Gasteiger partial charge in [0.15, 0.2) is 0 Å². The lowest BCUT2D eigenvalue weighted by molar-refractivity contribution is 0.348. The first-order chi connectivity index (χ1) is 10.4. The molecule has 1 N–H and O–H groups in total. The molecule has 118 valence electrons. The Morgan fingerprint density at radius 1 is 1.05 bits per heavy atom. The smallest absolute Gasteiger partial charge is 0.119 e. The normalized spacial score (nSPS) is 14.1. The number of halogens is 2. The summed E-state index contributed by atoms with van der Waals surface area (Å²) in [5.74, 6) is 0.516. The minimum Gasteiger partial charge on any atom is -0.508 e. The second kappa shape index (κ2) is 7.36. The van der Waals surface area contributed by atoms with E-state index in [0.29, 0.717) is 5.02 Å². The summed E-state index contributed by atoms with van der Waals surface area (Å²) in [6.07, 6.45) is 0. The highest BCUT2D eigenvalue weighted by Crippen LogP contribution is 2.40. The second-order valence-corrected chi connectivity index (χ2v) is 6.73. The Bertz CT molecular complexity index is 643. The van der Waals surface area contributed by atoms with Crippen molar-refractivity contribution < 1.29 is 5.11 Å². The first kappa shape index (κ1) is 17.1. The van der Waals surface area contributed by atoms with E-state index < -0.39 is 0 Å². The summed E-state index contributed by atoms with van der Waals surface area (Å²) in [6, 6.07) is 13.1. The minimum atomic E-state index is 0.0843. The van der Waals surface area contributed by atoms with Crippen LogP contribution in [0.4, 0.5) is 0 Å². The fraction of sp³-hybridized carbons (Fsp3) is 0.333. The van der Waals surface area contributed by atoms with Crippen LogP contribution in [0.1, 0.15) is 29.9 Å². The Morgan fingerprint density at radius 3 is 2.36 bits per heavy atom. The van der Waals surface area contributed by atoms with Crippen LogP contribution in [0.25, 0.3) is 0 Å². The van der Waals surface area contributed by atoms with E-state index in [-0.39, 0.29) is 17.6 Å². The molecular formula is C18H21Cl2NO. The van der Waals surface area contributed by atoms with Gasteiger partial charge in [-0.2, -0.15) is 0 Å². The van der Waals surface area contributed by atoms with E-state index in [2.05, 4.69) is 17.9 Å². The van der Waals surface area contributed by atoms with Crippen LogP contribution < -0.4 is 0 Å². The summed E-state index contributed by atoms with van der Waals surface area (Å²) in [5.41, 5.74) is 1.93. The summed E-state index contributed by atoms with van der Waals surface area (Å²) < 4.78 is 0.